The Morgan fingerprint density at radius 2 is 1.38 bits per heavy atom. The van der Waals surface area contributed by atoms with Crippen LogP contribution in [-0.4, -0.2) is 44.5 Å². The summed E-state index contributed by atoms with van der Waals surface area (Å²) in [7, 11) is 0. The van der Waals surface area contributed by atoms with Gasteiger partial charge >= 0.3 is 0 Å². The molecule has 0 aliphatic carbocycles. The summed E-state index contributed by atoms with van der Waals surface area (Å²) < 4.78 is 0. The van der Waals surface area contributed by atoms with E-state index >= 15 is 0 Å². The highest BCUT2D eigenvalue weighted by molar-refractivity contribution is 7.87. The van der Waals surface area contributed by atoms with Crippen LogP contribution in [0.1, 0.15) is 12.8 Å². The maximum Gasteiger partial charge on any atom is 0.0499 e. The largest absolute Gasteiger partial charge is 0.175 e. The number of rotatable bonds is 13. The molecule has 144 valence electrons. The molecular weight excluding hydrogens is 502 g/mol. The summed E-state index contributed by atoms with van der Waals surface area (Å²) in [5.74, 6) is 3.06. The maximum absolute atomic E-state index is 6.22. The van der Waals surface area contributed by atoms with Crippen LogP contribution in [-0.2, 0) is 0 Å². The van der Waals surface area contributed by atoms with Gasteiger partial charge in [0.2, 0.25) is 0 Å². The summed E-state index contributed by atoms with van der Waals surface area (Å²) in [6.07, 6.45) is 1.55. The van der Waals surface area contributed by atoms with Crippen LogP contribution >= 0.6 is 122 Å². The molecule has 0 fully saturated rings. The molecule has 0 spiro atoms. The molecule has 0 saturated heterocycles. The fraction of sp³-hybridized carbons (Fsp3) is 0.857. The van der Waals surface area contributed by atoms with Crippen molar-refractivity contribution in [2.24, 2.45) is 11.3 Å². The molecule has 0 rings (SSSR count). The Kier molecular flexibility index (Phi) is 16.2. The van der Waals surface area contributed by atoms with E-state index in [0.29, 0.717) is 23.5 Å². The van der Waals surface area contributed by atoms with Crippen LogP contribution < -0.4 is 0 Å². The van der Waals surface area contributed by atoms with Crippen molar-refractivity contribution in [2.75, 3.05) is 23.5 Å². The molecule has 0 aliphatic rings. The third-order valence-electron chi connectivity index (χ3n) is 4.14. The molecule has 10 heteroatoms. The summed E-state index contributed by atoms with van der Waals surface area (Å²) in [6, 6.07) is 0. The number of hydrogen-bond acceptors (Lipinski definition) is 6. The van der Waals surface area contributed by atoms with Crippen molar-refractivity contribution < 1.29 is 0 Å². The highest BCUT2D eigenvalue weighted by atomic mass is 35.5. The van der Waals surface area contributed by atoms with Crippen molar-refractivity contribution in [3.8, 4) is 0 Å². The zero-order chi connectivity index (χ0) is 18.9. The van der Waals surface area contributed by atoms with Crippen LogP contribution in [0.3, 0.4) is 0 Å². The highest BCUT2D eigenvalue weighted by Gasteiger charge is 2.55. The van der Waals surface area contributed by atoms with Crippen molar-refractivity contribution in [3.05, 3.63) is 11.0 Å². The molecule has 0 aromatic heterocycles. The van der Waals surface area contributed by atoms with E-state index in [1.54, 1.807) is 0 Å². The van der Waals surface area contributed by atoms with Gasteiger partial charge in [-0.2, -0.15) is 75.8 Å². The Hall–Kier alpha value is 3.26. The first-order valence-corrected chi connectivity index (χ1v) is 12.4. The molecule has 0 amide bonds. The minimum absolute atomic E-state index is 0.0189. The molecule has 5 atom stereocenters. The van der Waals surface area contributed by atoms with Crippen molar-refractivity contribution in [3.63, 3.8) is 0 Å². The summed E-state index contributed by atoms with van der Waals surface area (Å²) >= 11 is 52.5. The van der Waals surface area contributed by atoms with Crippen molar-refractivity contribution in [2.45, 2.75) is 33.8 Å². The van der Waals surface area contributed by atoms with Crippen molar-refractivity contribution in [1.82, 2.24) is 0 Å². The quantitative estimate of drug-likeness (QED) is 0.122. The van der Waals surface area contributed by atoms with Gasteiger partial charge in [-0.3, -0.25) is 0 Å². The van der Waals surface area contributed by atoms with Crippen molar-refractivity contribution in [1.29, 1.82) is 0 Å². The van der Waals surface area contributed by atoms with E-state index in [1.807, 2.05) is 5.75 Å². The summed E-state index contributed by atoms with van der Waals surface area (Å²) in [5.41, 5.74) is -0.641. The van der Waals surface area contributed by atoms with Gasteiger partial charge in [0, 0.05) is 60.9 Å². The fourth-order valence-electron chi connectivity index (χ4n) is 2.98. The predicted octanol–water partition coefficient (Wildman–Crippen LogP) is 6.07. The summed E-state index contributed by atoms with van der Waals surface area (Å²) in [5, 5.41) is -0.115. The summed E-state index contributed by atoms with van der Waals surface area (Å²) in [4.78, 5) is 0. The maximum atomic E-state index is 6.22. The lowest BCUT2D eigenvalue weighted by atomic mass is 9.64. The van der Waals surface area contributed by atoms with E-state index in [1.165, 1.54) is 0 Å². The van der Waals surface area contributed by atoms with Crippen molar-refractivity contribution >= 4 is 122 Å². The minimum Gasteiger partial charge on any atom is -0.175 e. The fourth-order valence-corrected chi connectivity index (χ4v) is 6.64. The zero-order valence-electron chi connectivity index (χ0n) is 12.9. The topological polar surface area (TPSA) is 0 Å². The monoisotopic (exact) mass is 524 g/mol. The second-order valence-corrected chi connectivity index (χ2v) is 10.0. The predicted molar refractivity (Wildman–Crippen MR) is 135 cm³/mol. The van der Waals surface area contributed by atoms with Gasteiger partial charge in [0.05, 0.1) is 0 Å². The molecule has 0 saturated carbocycles. The first-order chi connectivity index (χ1) is 11.3. The number of thiol groups is 6. The molecule has 0 bridgehead atoms. The van der Waals surface area contributed by atoms with E-state index in [4.69, 9.17) is 96.9 Å². The van der Waals surface area contributed by atoms with Gasteiger partial charge in [-0.25, -0.2) is 0 Å². The average Bonchev–Trinajstić information content (AvgIpc) is 2.61. The van der Waals surface area contributed by atoms with E-state index in [9.17, 15) is 0 Å². The Labute approximate surface area is 200 Å². The number of hydrogen-bond donors (Lipinski definition) is 6. The van der Waals surface area contributed by atoms with Gasteiger partial charge in [-0.05, 0) is 18.8 Å². The van der Waals surface area contributed by atoms with E-state index in [0.717, 1.165) is 18.1 Å². The lowest BCUT2D eigenvalue weighted by Gasteiger charge is -2.53. The molecule has 0 aromatic rings. The van der Waals surface area contributed by atoms with Gasteiger partial charge in [0.1, 0.15) is 0 Å². The lowest BCUT2D eigenvalue weighted by molar-refractivity contribution is 0.184. The van der Waals surface area contributed by atoms with E-state index < -0.39 is 5.41 Å². The molecule has 2 radical (unpaired) electrons. The zero-order valence-corrected chi connectivity index (χ0v) is 21.3. The van der Waals surface area contributed by atoms with Crippen LogP contribution in [0.4, 0.5) is 0 Å². The van der Waals surface area contributed by atoms with Crippen LogP contribution in [0.25, 0.3) is 0 Å². The van der Waals surface area contributed by atoms with Gasteiger partial charge in [0.25, 0.3) is 0 Å². The Morgan fingerprint density at radius 1 is 0.875 bits per heavy atom. The van der Waals surface area contributed by atoms with Crippen LogP contribution in [0.5, 0.6) is 0 Å². The van der Waals surface area contributed by atoms with Gasteiger partial charge in [-0.1, -0.05) is 0 Å². The molecule has 0 aliphatic heterocycles. The number of halogens is 4. The smallest absolute Gasteiger partial charge is 0.0499 e. The highest BCUT2D eigenvalue weighted by Crippen LogP contribution is 2.56. The third-order valence-corrected chi connectivity index (χ3v) is 9.63. The third kappa shape index (κ3) is 6.66. The standard InChI is InChI=1S/C14H24Cl4S6/c15-4-9(20)8(2-1-3-19)14(11(22)6-17,12(23)7-18)13(24)10(21)5-16/h3,8-12,19-24H,1-2,4-7H2. The van der Waals surface area contributed by atoms with E-state index in [-0.39, 0.29) is 26.9 Å². The van der Waals surface area contributed by atoms with Crippen LogP contribution in [0, 0.1) is 22.3 Å². The van der Waals surface area contributed by atoms with Crippen LogP contribution in [0.15, 0.2) is 0 Å². The van der Waals surface area contributed by atoms with Gasteiger partial charge < -0.3 is 0 Å². The second kappa shape index (κ2) is 14.3. The van der Waals surface area contributed by atoms with E-state index in [2.05, 4.69) is 25.3 Å². The second-order valence-electron chi connectivity index (χ2n) is 5.42. The normalized spacial score (nSPS) is 21.1. The minimum atomic E-state index is -0.641. The first-order valence-electron chi connectivity index (χ1n) is 7.27. The Morgan fingerprint density at radius 3 is 1.71 bits per heavy atom. The Balaban J connectivity index is 6.25. The SMILES string of the molecule is S[CH]CCC(C(S)CCl)C([C](S)C(S)CCl)(C(S)CCl)C(S)CCl. The lowest BCUT2D eigenvalue weighted by Crippen LogP contribution is -2.56. The molecule has 24 heavy (non-hydrogen) atoms. The molecular formula is C14H24Cl4S6. The molecule has 0 nitrogen and oxygen atoms in total. The van der Waals surface area contributed by atoms with Gasteiger partial charge in [-0.15, -0.1) is 46.4 Å². The Bertz CT molecular complexity index is 328. The van der Waals surface area contributed by atoms with Gasteiger partial charge in [0.15, 0.2) is 0 Å². The van der Waals surface area contributed by atoms with Crippen LogP contribution in [0.2, 0.25) is 0 Å². The molecule has 0 N–H and O–H groups in total. The number of alkyl halides is 4. The molecule has 0 heterocycles. The molecule has 5 unspecified atom stereocenters. The average molecular weight is 527 g/mol. The molecule has 0 aromatic carbocycles. The summed E-state index contributed by atoms with van der Waals surface area (Å²) in [6.45, 7) is 0. The first kappa shape index (κ1) is 27.3.